The first-order valence-electron chi connectivity index (χ1n) is 5.72. The summed E-state index contributed by atoms with van der Waals surface area (Å²) >= 11 is 0. The Hall–Kier alpha value is -2.63. The number of para-hydroxylation sites is 1. The number of aromatic amines is 1. The maximum atomic E-state index is 10.5. The number of guanidine groups is 1. The molecular weight excluding hydrogens is 244 g/mol. The van der Waals surface area contributed by atoms with Gasteiger partial charge in [0.1, 0.15) is 0 Å². The van der Waals surface area contributed by atoms with Crippen LogP contribution in [0.15, 0.2) is 30.5 Å². The van der Waals surface area contributed by atoms with E-state index in [0.29, 0.717) is 6.54 Å². The van der Waals surface area contributed by atoms with Crippen molar-refractivity contribution in [2.75, 3.05) is 13.6 Å². The van der Waals surface area contributed by atoms with Crippen LogP contribution in [-0.4, -0.2) is 41.6 Å². The Kier molecular flexibility index (Phi) is 3.61. The number of hydrogen-bond acceptors (Lipinski definition) is 3. The van der Waals surface area contributed by atoms with Crippen molar-refractivity contribution in [3.05, 3.63) is 36.0 Å². The number of amides is 1. The van der Waals surface area contributed by atoms with Crippen LogP contribution in [0.1, 0.15) is 10.4 Å². The molecule has 1 fully saturated rings. The molecule has 1 aliphatic heterocycles. The van der Waals surface area contributed by atoms with Crippen LogP contribution in [0.3, 0.4) is 0 Å². The van der Waals surface area contributed by atoms with Gasteiger partial charge < -0.3 is 9.88 Å². The van der Waals surface area contributed by atoms with Crippen molar-refractivity contribution < 1.29 is 9.59 Å². The number of rotatable bonds is 1. The third-order valence-corrected chi connectivity index (χ3v) is 2.77. The molecule has 98 valence electrons. The molecule has 19 heavy (non-hydrogen) atoms. The van der Waals surface area contributed by atoms with Gasteiger partial charge in [-0.15, -0.1) is 0 Å². The number of hydrogen-bond donors (Lipinski definition) is 3. The Bertz CT molecular complexity index is 632. The highest BCUT2D eigenvalue weighted by atomic mass is 16.2. The number of benzene rings is 1. The molecule has 3 N–H and O–H groups in total. The molecule has 1 aromatic heterocycles. The average Bonchev–Trinajstić information content (AvgIpc) is 2.93. The standard InChI is InChI=1S/C9H7NO.C4H7N3O/c11-6-7-5-10-9-4-2-1-3-8(7)9;1-7-2-3(8)6-4(7)5/h1-6,10H;2H2,1H3,(H2,5,6,8). The fourth-order valence-electron chi connectivity index (χ4n) is 1.75. The molecule has 1 aromatic carbocycles. The Morgan fingerprint density at radius 1 is 1.37 bits per heavy atom. The number of aldehydes is 1. The average molecular weight is 258 g/mol. The minimum absolute atomic E-state index is 0.0995. The minimum Gasteiger partial charge on any atom is -0.360 e. The van der Waals surface area contributed by atoms with Gasteiger partial charge in [-0.2, -0.15) is 0 Å². The largest absolute Gasteiger partial charge is 0.360 e. The van der Waals surface area contributed by atoms with Crippen LogP contribution >= 0.6 is 0 Å². The number of aromatic nitrogens is 1. The highest BCUT2D eigenvalue weighted by Crippen LogP contribution is 2.14. The zero-order chi connectivity index (χ0) is 13.8. The molecule has 0 saturated carbocycles. The van der Waals surface area contributed by atoms with Gasteiger partial charge in [-0.1, -0.05) is 18.2 Å². The van der Waals surface area contributed by atoms with E-state index in [4.69, 9.17) is 5.41 Å². The van der Waals surface area contributed by atoms with Gasteiger partial charge >= 0.3 is 0 Å². The van der Waals surface area contributed by atoms with Crippen LogP contribution in [0.4, 0.5) is 0 Å². The molecular formula is C13H14N4O2. The van der Waals surface area contributed by atoms with E-state index in [1.165, 1.54) is 0 Å². The number of nitrogens with zero attached hydrogens (tertiary/aromatic N) is 1. The molecule has 0 radical (unpaired) electrons. The quantitative estimate of drug-likeness (QED) is 0.666. The lowest BCUT2D eigenvalue weighted by Crippen LogP contribution is -2.25. The maximum absolute atomic E-state index is 10.5. The summed E-state index contributed by atoms with van der Waals surface area (Å²) in [7, 11) is 1.69. The second-order valence-corrected chi connectivity index (χ2v) is 4.16. The molecule has 1 aliphatic rings. The molecule has 0 aliphatic carbocycles. The summed E-state index contributed by atoms with van der Waals surface area (Å²) in [6, 6.07) is 7.73. The van der Waals surface area contributed by atoms with Crippen molar-refractivity contribution in [2.24, 2.45) is 0 Å². The summed E-state index contributed by atoms with van der Waals surface area (Å²) in [5, 5.41) is 10.3. The van der Waals surface area contributed by atoms with Gasteiger partial charge in [-0.25, -0.2) is 0 Å². The molecule has 0 spiro atoms. The molecule has 2 aromatic rings. The van der Waals surface area contributed by atoms with Gasteiger partial charge in [0, 0.05) is 29.7 Å². The summed E-state index contributed by atoms with van der Waals surface area (Å²) in [6.45, 7) is 0.318. The predicted molar refractivity (Wildman–Crippen MR) is 72.2 cm³/mol. The summed E-state index contributed by atoms with van der Waals surface area (Å²) in [5.41, 5.74) is 1.73. The van der Waals surface area contributed by atoms with E-state index in [1.54, 1.807) is 18.1 Å². The monoisotopic (exact) mass is 258 g/mol. The van der Waals surface area contributed by atoms with Gasteiger partial charge in [-0.05, 0) is 6.07 Å². The topological polar surface area (TPSA) is 89.1 Å². The van der Waals surface area contributed by atoms with Crippen LogP contribution in [0.2, 0.25) is 0 Å². The number of fused-ring (bicyclic) bond motifs is 1. The second-order valence-electron chi connectivity index (χ2n) is 4.16. The van der Waals surface area contributed by atoms with Crippen molar-refractivity contribution in [1.82, 2.24) is 15.2 Å². The molecule has 6 heteroatoms. The Balaban J connectivity index is 0.000000148. The van der Waals surface area contributed by atoms with E-state index in [9.17, 15) is 9.59 Å². The SMILES string of the molecule is CN1CC(=O)NC1=N.O=Cc1c[nH]c2ccccc12. The molecule has 2 heterocycles. The Labute approximate surface area is 109 Å². The molecule has 1 saturated heterocycles. The van der Waals surface area contributed by atoms with E-state index in [0.717, 1.165) is 22.8 Å². The van der Waals surface area contributed by atoms with E-state index >= 15 is 0 Å². The highest BCUT2D eigenvalue weighted by molar-refractivity contribution is 6.02. The number of nitrogens with one attached hydrogen (secondary N) is 3. The smallest absolute Gasteiger partial charge is 0.246 e. The lowest BCUT2D eigenvalue weighted by Gasteiger charge is -2.03. The number of likely N-dealkylation sites (N-methyl/N-ethyl adjacent to an activating group) is 1. The second kappa shape index (κ2) is 5.34. The van der Waals surface area contributed by atoms with Crippen molar-refractivity contribution in [3.63, 3.8) is 0 Å². The summed E-state index contributed by atoms with van der Waals surface area (Å²) < 4.78 is 0. The lowest BCUT2D eigenvalue weighted by atomic mass is 10.2. The van der Waals surface area contributed by atoms with E-state index in [1.807, 2.05) is 24.3 Å². The van der Waals surface area contributed by atoms with Crippen LogP contribution < -0.4 is 5.32 Å². The van der Waals surface area contributed by atoms with Crippen LogP contribution in [0.5, 0.6) is 0 Å². The number of H-pyrrole nitrogens is 1. The van der Waals surface area contributed by atoms with Gasteiger partial charge in [-0.3, -0.25) is 20.3 Å². The maximum Gasteiger partial charge on any atom is 0.246 e. The molecule has 0 bridgehead atoms. The van der Waals surface area contributed by atoms with Gasteiger partial charge in [0.05, 0.1) is 6.54 Å². The predicted octanol–water partition coefficient (Wildman–Crippen LogP) is 0.963. The van der Waals surface area contributed by atoms with E-state index < -0.39 is 0 Å². The van der Waals surface area contributed by atoms with Crippen molar-refractivity contribution >= 4 is 29.1 Å². The first-order chi connectivity index (χ1) is 9.11. The third-order valence-electron chi connectivity index (χ3n) is 2.77. The summed E-state index contributed by atoms with van der Waals surface area (Å²) in [4.78, 5) is 25.4. The molecule has 6 nitrogen and oxygen atoms in total. The number of carbonyl (C=O) groups is 2. The third kappa shape index (κ3) is 2.79. The van der Waals surface area contributed by atoms with Crippen LogP contribution in [0.25, 0.3) is 10.9 Å². The number of carbonyl (C=O) groups excluding carboxylic acids is 2. The molecule has 1 amide bonds. The normalized spacial score (nSPS) is 14.1. The van der Waals surface area contributed by atoms with Crippen molar-refractivity contribution in [1.29, 1.82) is 5.41 Å². The fraction of sp³-hybridized carbons (Fsp3) is 0.154. The molecule has 0 atom stereocenters. The zero-order valence-electron chi connectivity index (χ0n) is 10.4. The van der Waals surface area contributed by atoms with Gasteiger partial charge in [0.15, 0.2) is 12.2 Å². The Morgan fingerprint density at radius 3 is 2.63 bits per heavy atom. The van der Waals surface area contributed by atoms with Crippen molar-refractivity contribution in [2.45, 2.75) is 0 Å². The van der Waals surface area contributed by atoms with Crippen molar-refractivity contribution in [3.8, 4) is 0 Å². The lowest BCUT2D eigenvalue weighted by molar-refractivity contribution is -0.118. The van der Waals surface area contributed by atoms with Crippen LogP contribution in [-0.2, 0) is 4.79 Å². The Morgan fingerprint density at radius 2 is 2.11 bits per heavy atom. The zero-order valence-corrected chi connectivity index (χ0v) is 10.4. The molecule has 0 unspecified atom stereocenters. The van der Waals surface area contributed by atoms with Crippen LogP contribution in [0, 0.1) is 5.41 Å². The van der Waals surface area contributed by atoms with E-state index in [2.05, 4.69) is 10.3 Å². The van der Waals surface area contributed by atoms with Gasteiger partial charge in [0.2, 0.25) is 5.91 Å². The summed E-state index contributed by atoms with van der Waals surface area (Å²) in [6.07, 6.45) is 2.58. The first-order valence-corrected chi connectivity index (χ1v) is 5.72. The first kappa shape index (κ1) is 12.8. The van der Waals surface area contributed by atoms with E-state index in [-0.39, 0.29) is 11.9 Å². The molecule has 3 rings (SSSR count). The fourth-order valence-corrected chi connectivity index (χ4v) is 1.75. The summed E-state index contributed by atoms with van der Waals surface area (Å²) in [5.74, 6) is 0.0903. The van der Waals surface area contributed by atoms with Gasteiger partial charge in [0.25, 0.3) is 0 Å². The minimum atomic E-state index is -0.0995. The highest BCUT2D eigenvalue weighted by Gasteiger charge is 2.18.